The third-order valence-electron chi connectivity index (χ3n) is 3.39. The molecule has 0 heterocycles. The Bertz CT molecular complexity index is 466. The SMILES string of the molecule is CCN(C)C(=O)c1c(Cl)cccc1N(C)C(C)(C)C. The minimum Gasteiger partial charge on any atom is -0.369 e. The zero-order valence-electron chi connectivity index (χ0n) is 12.6. The van der Waals surface area contributed by atoms with Crippen LogP contribution < -0.4 is 4.90 Å². The lowest BCUT2D eigenvalue weighted by molar-refractivity contribution is 0.0803. The average molecular weight is 283 g/mol. The molecule has 0 aliphatic carbocycles. The number of benzene rings is 1. The third-order valence-corrected chi connectivity index (χ3v) is 3.71. The van der Waals surface area contributed by atoms with Crippen LogP contribution in [0.3, 0.4) is 0 Å². The van der Waals surface area contributed by atoms with Crippen LogP contribution in [0.1, 0.15) is 38.1 Å². The molecule has 4 heteroatoms. The standard InChI is InChI=1S/C15H23ClN2O/c1-7-17(5)14(19)13-11(16)9-8-10-12(13)18(6)15(2,3)4/h8-10H,7H2,1-6H3. The van der Waals surface area contributed by atoms with Crippen molar-refractivity contribution in [3.05, 3.63) is 28.8 Å². The van der Waals surface area contributed by atoms with Crippen LogP contribution in [0.2, 0.25) is 5.02 Å². The smallest absolute Gasteiger partial charge is 0.257 e. The Hall–Kier alpha value is -1.22. The maximum Gasteiger partial charge on any atom is 0.257 e. The fourth-order valence-corrected chi connectivity index (χ4v) is 1.95. The number of hydrogen-bond acceptors (Lipinski definition) is 2. The van der Waals surface area contributed by atoms with Crippen molar-refractivity contribution in [1.29, 1.82) is 0 Å². The first-order valence-electron chi connectivity index (χ1n) is 6.48. The summed E-state index contributed by atoms with van der Waals surface area (Å²) >= 11 is 6.25. The van der Waals surface area contributed by atoms with Gasteiger partial charge in [-0.1, -0.05) is 17.7 Å². The van der Waals surface area contributed by atoms with E-state index in [1.54, 1.807) is 18.0 Å². The van der Waals surface area contributed by atoms with Gasteiger partial charge in [0.15, 0.2) is 0 Å². The Balaban J connectivity index is 3.35. The molecule has 1 rings (SSSR count). The third kappa shape index (κ3) is 3.41. The summed E-state index contributed by atoms with van der Waals surface area (Å²) in [5, 5.41) is 0.499. The summed E-state index contributed by atoms with van der Waals surface area (Å²) in [6, 6.07) is 5.58. The number of carbonyl (C=O) groups is 1. The predicted octanol–water partition coefficient (Wildman–Crippen LogP) is 3.67. The Morgan fingerprint density at radius 3 is 2.32 bits per heavy atom. The fourth-order valence-electron chi connectivity index (χ4n) is 1.70. The van der Waals surface area contributed by atoms with E-state index in [0.29, 0.717) is 17.1 Å². The van der Waals surface area contributed by atoms with Gasteiger partial charge in [-0.3, -0.25) is 4.79 Å². The van der Waals surface area contributed by atoms with Gasteiger partial charge in [0, 0.05) is 26.2 Å². The minimum absolute atomic E-state index is 0.0424. The van der Waals surface area contributed by atoms with Gasteiger partial charge in [-0.05, 0) is 39.8 Å². The fraction of sp³-hybridized carbons (Fsp3) is 0.533. The number of anilines is 1. The van der Waals surface area contributed by atoms with Crippen molar-refractivity contribution in [1.82, 2.24) is 4.90 Å². The topological polar surface area (TPSA) is 23.6 Å². The molecule has 0 fully saturated rings. The van der Waals surface area contributed by atoms with Crippen molar-refractivity contribution >= 4 is 23.2 Å². The first-order valence-corrected chi connectivity index (χ1v) is 6.85. The van der Waals surface area contributed by atoms with Gasteiger partial charge in [0.05, 0.1) is 16.3 Å². The molecular weight excluding hydrogens is 260 g/mol. The molecule has 19 heavy (non-hydrogen) atoms. The van der Waals surface area contributed by atoms with Gasteiger partial charge in [-0.15, -0.1) is 0 Å². The van der Waals surface area contributed by atoms with Crippen molar-refractivity contribution in [2.24, 2.45) is 0 Å². The Kier molecular flexibility index (Phi) is 4.86. The van der Waals surface area contributed by atoms with Crippen LogP contribution in [0, 0.1) is 0 Å². The Labute approximate surface area is 121 Å². The number of carbonyl (C=O) groups excluding carboxylic acids is 1. The molecule has 0 N–H and O–H groups in total. The average Bonchev–Trinajstić information content (AvgIpc) is 2.34. The van der Waals surface area contributed by atoms with Gasteiger partial charge in [-0.2, -0.15) is 0 Å². The molecule has 0 bridgehead atoms. The Morgan fingerprint density at radius 2 is 1.84 bits per heavy atom. The zero-order chi connectivity index (χ0) is 14.8. The molecule has 1 aromatic rings. The Morgan fingerprint density at radius 1 is 1.26 bits per heavy atom. The predicted molar refractivity (Wildman–Crippen MR) is 82.2 cm³/mol. The highest BCUT2D eigenvalue weighted by Crippen LogP contribution is 2.31. The van der Waals surface area contributed by atoms with Crippen molar-refractivity contribution in [2.75, 3.05) is 25.5 Å². The highest BCUT2D eigenvalue weighted by Gasteiger charge is 2.25. The minimum atomic E-state index is -0.0789. The van der Waals surface area contributed by atoms with E-state index in [1.807, 2.05) is 26.1 Å². The summed E-state index contributed by atoms with van der Waals surface area (Å²) < 4.78 is 0. The van der Waals surface area contributed by atoms with E-state index in [1.165, 1.54) is 0 Å². The van der Waals surface area contributed by atoms with Gasteiger partial charge < -0.3 is 9.80 Å². The van der Waals surface area contributed by atoms with Crippen LogP contribution in [-0.4, -0.2) is 37.0 Å². The van der Waals surface area contributed by atoms with Crippen LogP contribution in [0.15, 0.2) is 18.2 Å². The van der Waals surface area contributed by atoms with Gasteiger partial charge in [0.25, 0.3) is 5.91 Å². The van der Waals surface area contributed by atoms with Crippen LogP contribution in [0.25, 0.3) is 0 Å². The van der Waals surface area contributed by atoms with E-state index in [4.69, 9.17) is 11.6 Å². The van der Waals surface area contributed by atoms with Crippen LogP contribution >= 0.6 is 11.6 Å². The number of halogens is 1. The quantitative estimate of drug-likeness (QED) is 0.844. The largest absolute Gasteiger partial charge is 0.369 e. The lowest BCUT2D eigenvalue weighted by Crippen LogP contribution is -2.40. The summed E-state index contributed by atoms with van der Waals surface area (Å²) in [6.07, 6.45) is 0. The first-order chi connectivity index (χ1) is 8.70. The summed E-state index contributed by atoms with van der Waals surface area (Å²) in [5.74, 6) is -0.0424. The van der Waals surface area contributed by atoms with Gasteiger partial charge >= 0.3 is 0 Å². The molecule has 3 nitrogen and oxygen atoms in total. The molecule has 0 saturated heterocycles. The highest BCUT2D eigenvalue weighted by molar-refractivity contribution is 6.34. The van der Waals surface area contributed by atoms with Crippen LogP contribution in [0.5, 0.6) is 0 Å². The van der Waals surface area contributed by atoms with Crippen LogP contribution in [-0.2, 0) is 0 Å². The second-order valence-corrected chi connectivity index (χ2v) is 6.09. The molecule has 0 aliphatic rings. The second-order valence-electron chi connectivity index (χ2n) is 5.68. The van der Waals surface area contributed by atoms with Gasteiger partial charge in [-0.25, -0.2) is 0 Å². The van der Waals surface area contributed by atoms with E-state index in [0.717, 1.165) is 5.69 Å². The number of nitrogens with zero attached hydrogens (tertiary/aromatic N) is 2. The van der Waals surface area contributed by atoms with E-state index in [2.05, 4.69) is 25.7 Å². The van der Waals surface area contributed by atoms with E-state index in [9.17, 15) is 4.79 Å². The van der Waals surface area contributed by atoms with E-state index < -0.39 is 0 Å². The lowest BCUT2D eigenvalue weighted by Gasteiger charge is -2.36. The van der Waals surface area contributed by atoms with Crippen LogP contribution in [0.4, 0.5) is 5.69 Å². The molecule has 0 aromatic heterocycles. The molecule has 0 radical (unpaired) electrons. The summed E-state index contributed by atoms with van der Waals surface area (Å²) in [4.78, 5) is 16.2. The molecule has 0 saturated carbocycles. The van der Waals surface area contributed by atoms with Crippen molar-refractivity contribution < 1.29 is 4.79 Å². The summed E-state index contributed by atoms with van der Waals surface area (Å²) in [5.41, 5.74) is 1.36. The molecule has 106 valence electrons. The highest BCUT2D eigenvalue weighted by atomic mass is 35.5. The normalized spacial score (nSPS) is 11.3. The number of amides is 1. The lowest BCUT2D eigenvalue weighted by atomic mass is 10.0. The van der Waals surface area contributed by atoms with Gasteiger partial charge in [0.2, 0.25) is 0 Å². The monoisotopic (exact) mass is 282 g/mol. The maximum absolute atomic E-state index is 12.5. The molecule has 1 aromatic carbocycles. The molecule has 0 aliphatic heterocycles. The second kappa shape index (κ2) is 5.83. The number of rotatable bonds is 3. The van der Waals surface area contributed by atoms with E-state index in [-0.39, 0.29) is 11.4 Å². The molecule has 1 amide bonds. The molecule has 0 unspecified atom stereocenters. The maximum atomic E-state index is 12.5. The van der Waals surface area contributed by atoms with Gasteiger partial charge in [0.1, 0.15) is 0 Å². The molecular formula is C15H23ClN2O. The van der Waals surface area contributed by atoms with E-state index >= 15 is 0 Å². The first kappa shape index (κ1) is 15.8. The summed E-state index contributed by atoms with van der Waals surface area (Å²) in [6.45, 7) is 8.91. The zero-order valence-corrected chi connectivity index (χ0v) is 13.4. The number of hydrogen-bond donors (Lipinski definition) is 0. The van der Waals surface area contributed by atoms with Crippen molar-refractivity contribution in [2.45, 2.75) is 33.2 Å². The van der Waals surface area contributed by atoms with Crippen molar-refractivity contribution in [3.8, 4) is 0 Å². The summed E-state index contributed by atoms with van der Waals surface area (Å²) in [7, 11) is 3.76. The molecule has 0 atom stereocenters. The molecule has 0 spiro atoms. The van der Waals surface area contributed by atoms with Crippen molar-refractivity contribution in [3.63, 3.8) is 0 Å².